The average Bonchev–Trinajstić information content (AvgIpc) is 2.35. The number of aliphatic hydroxyl groups is 1. The van der Waals surface area contributed by atoms with E-state index >= 15 is 0 Å². The molecule has 100 valence electrons. The van der Waals surface area contributed by atoms with Crippen LogP contribution in [0.3, 0.4) is 0 Å². The molecule has 1 aliphatic heterocycles. The van der Waals surface area contributed by atoms with E-state index in [0.29, 0.717) is 4.47 Å². The molecule has 6 nitrogen and oxygen atoms in total. The van der Waals surface area contributed by atoms with Crippen molar-refractivity contribution in [1.82, 2.24) is 9.78 Å². The second-order valence-electron chi connectivity index (χ2n) is 4.44. The third kappa shape index (κ3) is 2.73. The first kappa shape index (κ1) is 13.5. The summed E-state index contributed by atoms with van der Waals surface area (Å²) in [6.07, 6.45) is 3.69. The lowest BCUT2D eigenvalue weighted by Crippen LogP contribution is -2.43. The molecule has 0 bridgehead atoms. The molecule has 1 saturated heterocycles. The fourth-order valence-electron chi connectivity index (χ4n) is 2.16. The molecule has 0 unspecified atom stereocenters. The molecule has 7 heteroatoms. The van der Waals surface area contributed by atoms with Crippen molar-refractivity contribution in [1.29, 1.82) is 0 Å². The molecule has 0 spiro atoms. The minimum absolute atomic E-state index is 0.104. The Morgan fingerprint density at radius 2 is 2.39 bits per heavy atom. The fourth-order valence-corrected chi connectivity index (χ4v) is 2.72. The zero-order valence-electron chi connectivity index (χ0n) is 10.0. The Morgan fingerprint density at radius 1 is 1.61 bits per heavy atom. The third-order valence-corrected chi connectivity index (χ3v) is 3.82. The maximum absolute atomic E-state index is 12.0. The second kappa shape index (κ2) is 5.81. The van der Waals surface area contributed by atoms with E-state index in [1.54, 1.807) is 6.20 Å². The van der Waals surface area contributed by atoms with Gasteiger partial charge in [0, 0.05) is 19.1 Å². The monoisotopic (exact) mass is 316 g/mol. The molecule has 0 radical (unpaired) electrons. The quantitative estimate of drug-likeness (QED) is 0.815. The Balaban J connectivity index is 2.29. The summed E-state index contributed by atoms with van der Waals surface area (Å²) in [5.41, 5.74) is 6.49. The Labute approximate surface area is 114 Å². The predicted molar refractivity (Wildman–Crippen MR) is 72.7 cm³/mol. The molecule has 0 aliphatic carbocycles. The number of piperidine rings is 1. The second-order valence-corrected chi connectivity index (χ2v) is 5.24. The highest BCUT2D eigenvalue weighted by Gasteiger charge is 2.20. The first-order chi connectivity index (χ1) is 8.63. The molecule has 1 atom stereocenters. The minimum Gasteiger partial charge on any atom is -0.394 e. The van der Waals surface area contributed by atoms with Crippen LogP contribution in [0.5, 0.6) is 0 Å². The summed E-state index contributed by atoms with van der Waals surface area (Å²) < 4.78 is 1.73. The molecular weight excluding hydrogens is 300 g/mol. The van der Waals surface area contributed by atoms with E-state index in [2.05, 4.69) is 25.9 Å². The molecule has 2 rings (SSSR count). The van der Waals surface area contributed by atoms with Crippen molar-refractivity contribution in [3.8, 4) is 0 Å². The standard InChI is InChI=1S/C11H17BrN4O2/c12-10-9(15-3-1-2-8(13)7-15)6-14-16(4-5-17)11(10)18/h6,8,17H,1-5,7,13H2/t8-/m1/s1. The van der Waals surface area contributed by atoms with Crippen molar-refractivity contribution >= 4 is 21.6 Å². The summed E-state index contributed by atoms with van der Waals surface area (Å²) in [5.74, 6) is 0. The number of nitrogens with two attached hydrogens (primary N) is 1. The van der Waals surface area contributed by atoms with Gasteiger partial charge in [0.05, 0.1) is 25.0 Å². The normalized spacial score (nSPS) is 20.2. The molecule has 0 saturated carbocycles. The lowest BCUT2D eigenvalue weighted by Gasteiger charge is -2.32. The van der Waals surface area contributed by atoms with Gasteiger partial charge in [0.15, 0.2) is 0 Å². The highest BCUT2D eigenvalue weighted by atomic mass is 79.9. The Bertz CT molecular complexity index is 477. The SMILES string of the molecule is N[C@@H]1CCCN(c2cnn(CCO)c(=O)c2Br)C1. The van der Waals surface area contributed by atoms with Crippen molar-refractivity contribution in [3.63, 3.8) is 0 Å². The van der Waals surface area contributed by atoms with Crippen LogP contribution < -0.4 is 16.2 Å². The van der Waals surface area contributed by atoms with Gasteiger partial charge in [-0.2, -0.15) is 5.10 Å². The first-order valence-electron chi connectivity index (χ1n) is 6.00. The Hall–Kier alpha value is -0.920. The molecule has 1 aliphatic rings. The average molecular weight is 317 g/mol. The van der Waals surface area contributed by atoms with Crippen LogP contribution >= 0.6 is 15.9 Å². The summed E-state index contributed by atoms with van der Waals surface area (Å²) in [6, 6.07) is 0.144. The van der Waals surface area contributed by atoms with Crippen LogP contribution in [0.4, 0.5) is 5.69 Å². The summed E-state index contributed by atoms with van der Waals surface area (Å²) >= 11 is 3.32. The van der Waals surface area contributed by atoms with Gasteiger partial charge in [-0.05, 0) is 28.8 Å². The number of nitrogens with zero attached hydrogens (tertiary/aromatic N) is 3. The third-order valence-electron chi connectivity index (χ3n) is 3.08. The molecule has 1 aromatic rings. The van der Waals surface area contributed by atoms with Crippen LogP contribution in [0.2, 0.25) is 0 Å². The van der Waals surface area contributed by atoms with Gasteiger partial charge in [-0.15, -0.1) is 0 Å². The Kier molecular flexibility index (Phi) is 4.36. The van der Waals surface area contributed by atoms with Crippen LogP contribution in [0, 0.1) is 0 Å². The fraction of sp³-hybridized carbons (Fsp3) is 0.636. The zero-order valence-corrected chi connectivity index (χ0v) is 11.6. The van der Waals surface area contributed by atoms with Gasteiger partial charge in [-0.1, -0.05) is 0 Å². The predicted octanol–water partition coefficient (Wildman–Crippen LogP) is -0.0744. The number of aliphatic hydroxyl groups excluding tert-OH is 1. The molecule has 2 heterocycles. The van der Waals surface area contributed by atoms with Crippen molar-refractivity contribution in [2.75, 3.05) is 24.6 Å². The highest BCUT2D eigenvalue weighted by molar-refractivity contribution is 9.10. The molecule has 1 aromatic heterocycles. The van der Waals surface area contributed by atoms with Crippen molar-refractivity contribution in [2.45, 2.75) is 25.4 Å². The molecular formula is C11H17BrN4O2. The smallest absolute Gasteiger partial charge is 0.283 e. The number of hydrogen-bond donors (Lipinski definition) is 2. The number of aromatic nitrogens is 2. The number of hydrogen-bond acceptors (Lipinski definition) is 5. The van der Waals surface area contributed by atoms with E-state index in [9.17, 15) is 4.79 Å². The summed E-state index contributed by atoms with van der Waals surface area (Å²) in [5, 5.41) is 12.9. The van der Waals surface area contributed by atoms with Gasteiger partial charge in [0.2, 0.25) is 0 Å². The molecule has 1 fully saturated rings. The van der Waals surface area contributed by atoms with Gasteiger partial charge in [-0.25, -0.2) is 4.68 Å². The first-order valence-corrected chi connectivity index (χ1v) is 6.79. The van der Waals surface area contributed by atoms with Gasteiger partial charge < -0.3 is 15.7 Å². The maximum Gasteiger partial charge on any atom is 0.283 e. The summed E-state index contributed by atoms with van der Waals surface area (Å²) in [7, 11) is 0. The molecule has 18 heavy (non-hydrogen) atoms. The van der Waals surface area contributed by atoms with E-state index in [-0.39, 0.29) is 24.8 Å². The lowest BCUT2D eigenvalue weighted by molar-refractivity contribution is 0.266. The number of rotatable bonds is 3. The maximum atomic E-state index is 12.0. The molecule has 0 amide bonds. The highest BCUT2D eigenvalue weighted by Crippen LogP contribution is 2.24. The van der Waals surface area contributed by atoms with Crippen molar-refractivity contribution in [3.05, 3.63) is 21.0 Å². The number of halogens is 1. The van der Waals surface area contributed by atoms with Gasteiger partial charge in [0.25, 0.3) is 5.56 Å². The minimum atomic E-state index is -0.222. The summed E-state index contributed by atoms with van der Waals surface area (Å²) in [4.78, 5) is 14.1. The topological polar surface area (TPSA) is 84.4 Å². The summed E-state index contributed by atoms with van der Waals surface area (Å²) in [6.45, 7) is 1.73. The van der Waals surface area contributed by atoms with Crippen LogP contribution in [0.25, 0.3) is 0 Å². The van der Waals surface area contributed by atoms with Gasteiger partial charge in [-0.3, -0.25) is 4.79 Å². The van der Waals surface area contributed by atoms with E-state index in [0.717, 1.165) is 31.6 Å². The van der Waals surface area contributed by atoms with E-state index < -0.39 is 0 Å². The molecule has 0 aromatic carbocycles. The zero-order chi connectivity index (χ0) is 13.1. The van der Waals surface area contributed by atoms with E-state index in [1.165, 1.54) is 4.68 Å². The van der Waals surface area contributed by atoms with Gasteiger partial charge >= 0.3 is 0 Å². The lowest BCUT2D eigenvalue weighted by atomic mass is 10.1. The Morgan fingerprint density at radius 3 is 3.06 bits per heavy atom. The number of anilines is 1. The van der Waals surface area contributed by atoms with Crippen LogP contribution in [-0.4, -0.2) is 40.6 Å². The van der Waals surface area contributed by atoms with Crippen molar-refractivity contribution < 1.29 is 5.11 Å². The van der Waals surface area contributed by atoms with Crippen LogP contribution in [0.15, 0.2) is 15.5 Å². The van der Waals surface area contributed by atoms with Crippen LogP contribution in [0.1, 0.15) is 12.8 Å². The van der Waals surface area contributed by atoms with Gasteiger partial charge in [0.1, 0.15) is 4.47 Å². The molecule has 3 N–H and O–H groups in total. The van der Waals surface area contributed by atoms with Crippen LogP contribution in [-0.2, 0) is 6.54 Å². The largest absolute Gasteiger partial charge is 0.394 e. The van der Waals surface area contributed by atoms with E-state index in [4.69, 9.17) is 10.8 Å². The van der Waals surface area contributed by atoms with Crippen molar-refractivity contribution in [2.24, 2.45) is 5.73 Å². The van der Waals surface area contributed by atoms with E-state index in [1.807, 2.05) is 0 Å².